The van der Waals surface area contributed by atoms with E-state index in [1.807, 2.05) is 19.9 Å². The van der Waals surface area contributed by atoms with Crippen LogP contribution in [0.4, 0.5) is 5.82 Å². The fraction of sp³-hybridized carbons (Fsp3) is 0.538. The second kappa shape index (κ2) is 4.43. The van der Waals surface area contributed by atoms with Crippen molar-refractivity contribution < 1.29 is 9.53 Å². The Hall–Kier alpha value is -2.18. The van der Waals surface area contributed by atoms with Crippen LogP contribution in [0, 0.1) is 12.3 Å². The molecule has 0 saturated carbocycles. The van der Waals surface area contributed by atoms with Gasteiger partial charge in [0.2, 0.25) is 0 Å². The number of fused-ring (bicyclic) bond motifs is 1. The van der Waals surface area contributed by atoms with Gasteiger partial charge in [0, 0.05) is 24.8 Å². The first kappa shape index (κ1) is 12.8. The first-order chi connectivity index (χ1) is 9.53. The van der Waals surface area contributed by atoms with Crippen molar-refractivity contribution in [2.75, 3.05) is 25.1 Å². The number of carbonyl (C=O) groups is 1. The summed E-state index contributed by atoms with van der Waals surface area (Å²) in [7, 11) is 1.43. The lowest BCUT2D eigenvalue weighted by Crippen LogP contribution is -2.33. The molecule has 2 aromatic heterocycles. The van der Waals surface area contributed by atoms with Crippen LogP contribution in [0.25, 0.3) is 5.78 Å². The van der Waals surface area contributed by atoms with Crippen molar-refractivity contribution in [3.8, 4) is 0 Å². The predicted octanol–water partition coefficient (Wildman–Crippen LogP) is 0.822. The maximum Gasteiger partial charge on any atom is 0.313 e. The molecule has 0 bridgehead atoms. The van der Waals surface area contributed by atoms with E-state index >= 15 is 0 Å². The van der Waals surface area contributed by atoms with Gasteiger partial charge >= 0.3 is 5.97 Å². The molecule has 20 heavy (non-hydrogen) atoms. The molecule has 1 aliphatic rings. The molecule has 0 radical (unpaired) electrons. The van der Waals surface area contributed by atoms with Crippen LogP contribution in [0.5, 0.6) is 0 Å². The zero-order valence-corrected chi connectivity index (χ0v) is 11.8. The van der Waals surface area contributed by atoms with Crippen LogP contribution in [-0.4, -0.2) is 45.8 Å². The Bertz CT molecular complexity index is 668. The Morgan fingerprint density at radius 2 is 2.30 bits per heavy atom. The van der Waals surface area contributed by atoms with Gasteiger partial charge in [-0.25, -0.2) is 4.98 Å². The highest BCUT2D eigenvalue weighted by molar-refractivity contribution is 5.78. The van der Waals surface area contributed by atoms with Gasteiger partial charge in [0.15, 0.2) is 0 Å². The summed E-state index contributed by atoms with van der Waals surface area (Å²) in [5.74, 6) is 1.32. The number of rotatable bonds is 2. The monoisotopic (exact) mass is 275 g/mol. The van der Waals surface area contributed by atoms with Gasteiger partial charge in [-0.2, -0.15) is 14.6 Å². The second-order valence-electron chi connectivity index (χ2n) is 5.45. The van der Waals surface area contributed by atoms with Crippen molar-refractivity contribution >= 4 is 17.6 Å². The normalized spacial score (nSPS) is 22.4. The molecule has 1 fully saturated rings. The van der Waals surface area contributed by atoms with E-state index in [1.54, 1.807) is 4.52 Å². The minimum Gasteiger partial charge on any atom is -0.469 e. The van der Waals surface area contributed by atoms with Gasteiger partial charge in [0.1, 0.15) is 12.1 Å². The highest BCUT2D eigenvalue weighted by Crippen LogP contribution is 2.34. The van der Waals surface area contributed by atoms with Crippen molar-refractivity contribution in [1.82, 2.24) is 19.6 Å². The highest BCUT2D eigenvalue weighted by Gasteiger charge is 2.42. The quantitative estimate of drug-likeness (QED) is 0.756. The summed E-state index contributed by atoms with van der Waals surface area (Å²) >= 11 is 0. The van der Waals surface area contributed by atoms with Gasteiger partial charge in [-0.3, -0.25) is 4.79 Å². The SMILES string of the molecule is COC(=O)C1(C)CCN(c2cc(C)nc3ncnn23)C1. The van der Waals surface area contributed by atoms with Gasteiger partial charge in [-0.1, -0.05) is 0 Å². The molecule has 0 amide bonds. The lowest BCUT2D eigenvalue weighted by molar-refractivity contribution is -0.150. The summed E-state index contributed by atoms with van der Waals surface area (Å²) in [5.41, 5.74) is 0.408. The second-order valence-corrected chi connectivity index (χ2v) is 5.45. The van der Waals surface area contributed by atoms with Crippen LogP contribution in [0.15, 0.2) is 12.4 Å². The van der Waals surface area contributed by atoms with E-state index < -0.39 is 5.41 Å². The molecule has 2 aromatic rings. The molecule has 1 atom stereocenters. The maximum atomic E-state index is 11.9. The zero-order chi connectivity index (χ0) is 14.3. The molecule has 3 rings (SSSR count). The van der Waals surface area contributed by atoms with Gasteiger partial charge in [0.05, 0.1) is 12.5 Å². The highest BCUT2D eigenvalue weighted by atomic mass is 16.5. The van der Waals surface area contributed by atoms with Crippen molar-refractivity contribution in [3.05, 3.63) is 18.1 Å². The van der Waals surface area contributed by atoms with E-state index in [1.165, 1.54) is 13.4 Å². The third-order valence-electron chi connectivity index (χ3n) is 3.84. The van der Waals surface area contributed by atoms with Crippen LogP contribution in [-0.2, 0) is 9.53 Å². The Morgan fingerprint density at radius 3 is 3.05 bits per heavy atom. The fourth-order valence-electron chi connectivity index (χ4n) is 2.71. The molecular weight excluding hydrogens is 258 g/mol. The van der Waals surface area contributed by atoms with E-state index in [0.29, 0.717) is 12.3 Å². The Labute approximate surface area is 116 Å². The first-order valence-corrected chi connectivity index (χ1v) is 6.54. The molecule has 3 heterocycles. The summed E-state index contributed by atoms with van der Waals surface area (Å²) in [6, 6.07) is 1.96. The molecule has 1 aliphatic heterocycles. The zero-order valence-electron chi connectivity index (χ0n) is 11.8. The first-order valence-electron chi connectivity index (χ1n) is 6.54. The van der Waals surface area contributed by atoms with Gasteiger partial charge in [-0.05, 0) is 20.3 Å². The number of nitrogens with zero attached hydrogens (tertiary/aromatic N) is 5. The maximum absolute atomic E-state index is 11.9. The number of aryl methyl sites for hydroxylation is 1. The van der Waals surface area contributed by atoms with E-state index in [-0.39, 0.29) is 5.97 Å². The predicted molar refractivity (Wildman–Crippen MR) is 72.5 cm³/mol. The van der Waals surface area contributed by atoms with Crippen LogP contribution in [0.1, 0.15) is 19.0 Å². The summed E-state index contributed by atoms with van der Waals surface area (Å²) in [6.07, 6.45) is 2.25. The average Bonchev–Trinajstić information content (AvgIpc) is 3.04. The minimum atomic E-state index is -0.473. The number of anilines is 1. The molecule has 0 N–H and O–H groups in total. The fourth-order valence-corrected chi connectivity index (χ4v) is 2.71. The van der Waals surface area contributed by atoms with E-state index in [0.717, 1.165) is 24.5 Å². The van der Waals surface area contributed by atoms with E-state index in [9.17, 15) is 4.79 Å². The van der Waals surface area contributed by atoms with E-state index in [2.05, 4.69) is 20.0 Å². The van der Waals surface area contributed by atoms with Crippen LogP contribution < -0.4 is 4.90 Å². The molecular formula is C13H17N5O2. The standard InChI is InChI=1S/C13H17N5O2/c1-9-6-10(18-12(16-9)14-8-15-18)17-5-4-13(2,7-17)11(19)20-3/h6,8H,4-5,7H2,1-3H3. The molecule has 106 valence electrons. The van der Waals surface area contributed by atoms with E-state index in [4.69, 9.17) is 4.74 Å². The van der Waals surface area contributed by atoms with Crippen LogP contribution in [0.2, 0.25) is 0 Å². The number of esters is 1. The third-order valence-corrected chi connectivity index (χ3v) is 3.84. The third kappa shape index (κ3) is 1.90. The summed E-state index contributed by atoms with van der Waals surface area (Å²) in [5, 5.41) is 4.20. The molecule has 1 saturated heterocycles. The number of carbonyl (C=O) groups excluding carboxylic acids is 1. The molecule has 0 spiro atoms. The largest absolute Gasteiger partial charge is 0.469 e. The topological polar surface area (TPSA) is 72.6 Å². The lowest BCUT2D eigenvalue weighted by atomic mass is 9.90. The van der Waals surface area contributed by atoms with Gasteiger partial charge in [0.25, 0.3) is 5.78 Å². The summed E-state index contributed by atoms with van der Waals surface area (Å²) in [4.78, 5) is 22.5. The molecule has 7 heteroatoms. The van der Waals surface area contributed by atoms with Crippen molar-refractivity contribution in [1.29, 1.82) is 0 Å². The van der Waals surface area contributed by atoms with Crippen LogP contribution in [0.3, 0.4) is 0 Å². The van der Waals surface area contributed by atoms with Crippen LogP contribution >= 0.6 is 0 Å². The number of methoxy groups -OCH3 is 1. The lowest BCUT2D eigenvalue weighted by Gasteiger charge is -2.23. The number of hydrogen-bond acceptors (Lipinski definition) is 6. The smallest absolute Gasteiger partial charge is 0.313 e. The molecule has 0 aromatic carbocycles. The van der Waals surface area contributed by atoms with Crippen molar-refractivity contribution in [3.63, 3.8) is 0 Å². The Kier molecular flexibility index (Phi) is 2.84. The number of hydrogen-bond donors (Lipinski definition) is 0. The van der Waals surface area contributed by atoms with Crippen molar-refractivity contribution in [2.45, 2.75) is 20.3 Å². The van der Waals surface area contributed by atoms with Gasteiger partial charge < -0.3 is 9.64 Å². The van der Waals surface area contributed by atoms with Gasteiger partial charge in [-0.15, -0.1) is 0 Å². The summed E-state index contributed by atoms with van der Waals surface area (Å²) in [6.45, 7) is 5.25. The molecule has 7 nitrogen and oxygen atoms in total. The molecule has 1 unspecified atom stereocenters. The number of aromatic nitrogens is 4. The average molecular weight is 275 g/mol. The minimum absolute atomic E-state index is 0.166. The Balaban J connectivity index is 1.97. The van der Waals surface area contributed by atoms with Crippen molar-refractivity contribution in [2.24, 2.45) is 5.41 Å². The summed E-state index contributed by atoms with van der Waals surface area (Å²) < 4.78 is 6.61. The molecule has 0 aliphatic carbocycles. The number of ether oxygens (including phenoxy) is 1. The Morgan fingerprint density at radius 1 is 1.50 bits per heavy atom.